The molecule has 0 spiro atoms. The number of rotatable bonds is 3. The quantitative estimate of drug-likeness (QED) is 0.481. The van der Waals surface area contributed by atoms with Crippen LogP contribution in [0.4, 0.5) is 0 Å². The zero-order valence-corrected chi connectivity index (χ0v) is 11.7. The third-order valence-electron chi connectivity index (χ3n) is 3.22. The molecule has 0 radical (unpaired) electrons. The van der Waals surface area contributed by atoms with Crippen LogP contribution in [-0.2, 0) is 0 Å². The van der Waals surface area contributed by atoms with Crippen molar-refractivity contribution in [2.75, 3.05) is 0 Å². The molecule has 0 aromatic rings. The summed E-state index contributed by atoms with van der Waals surface area (Å²) in [5.74, 6) is 0. The van der Waals surface area contributed by atoms with Crippen LogP contribution < -0.4 is 0 Å². The first-order chi connectivity index (χ1) is 6.39. The lowest BCUT2D eigenvalue weighted by Crippen LogP contribution is -2.37. The van der Waals surface area contributed by atoms with Gasteiger partial charge in [-0.3, -0.25) is 0 Å². The fourth-order valence-electron chi connectivity index (χ4n) is 2.34. The first kappa shape index (κ1) is 12.1. The van der Waals surface area contributed by atoms with E-state index in [9.17, 15) is 0 Å². The van der Waals surface area contributed by atoms with Crippen LogP contribution in [0, 0.1) is 0 Å². The summed E-state index contributed by atoms with van der Waals surface area (Å²) in [5, 5.41) is 1.53. The molecule has 0 aromatic heterocycles. The Labute approximate surface area is 93.8 Å². The van der Waals surface area contributed by atoms with Crippen LogP contribution in [0.5, 0.6) is 0 Å². The lowest BCUT2D eigenvalue weighted by molar-refractivity contribution is 0.925. The molecule has 0 N–H and O–H groups in total. The highest BCUT2D eigenvalue weighted by atomic mass is 35.6. The fraction of sp³-hybridized carbons (Fsp3) is 0.667. The Morgan fingerprint density at radius 3 is 2.00 bits per heavy atom. The Morgan fingerprint density at radius 2 is 1.71 bits per heavy atom. The lowest BCUT2D eigenvalue weighted by Gasteiger charge is -2.34. The van der Waals surface area contributed by atoms with Crippen molar-refractivity contribution < 1.29 is 0 Å². The van der Waals surface area contributed by atoms with Crippen LogP contribution in [-0.4, -0.2) is 7.38 Å². The SMILES string of the molecule is CC1=CCC([Si](Cl)(C(C)C)C(C)C)=C1. The van der Waals surface area contributed by atoms with E-state index in [0.29, 0.717) is 11.1 Å². The van der Waals surface area contributed by atoms with Crippen molar-refractivity contribution in [1.82, 2.24) is 0 Å². The van der Waals surface area contributed by atoms with Crippen molar-refractivity contribution in [2.45, 2.75) is 52.1 Å². The molecule has 14 heavy (non-hydrogen) atoms. The van der Waals surface area contributed by atoms with Crippen LogP contribution in [0.25, 0.3) is 0 Å². The van der Waals surface area contributed by atoms with E-state index in [1.54, 1.807) is 0 Å². The summed E-state index contributed by atoms with van der Waals surface area (Å²) in [6.07, 6.45) is 5.71. The molecule has 0 nitrogen and oxygen atoms in total. The predicted molar refractivity (Wildman–Crippen MR) is 68.3 cm³/mol. The molecule has 0 fully saturated rings. The topological polar surface area (TPSA) is 0 Å². The summed E-state index contributed by atoms with van der Waals surface area (Å²) in [7, 11) is -1.73. The Balaban J connectivity index is 2.97. The number of hydrogen-bond donors (Lipinski definition) is 0. The Kier molecular flexibility index (Phi) is 3.65. The first-order valence-corrected chi connectivity index (χ1v) is 8.62. The highest BCUT2D eigenvalue weighted by Gasteiger charge is 2.42. The van der Waals surface area contributed by atoms with E-state index in [1.165, 1.54) is 10.8 Å². The average molecular weight is 229 g/mol. The molecule has 0 aromatic carbocycles. The maximum atomic E-state index is 6.92. The maximum absolute atomic E-state index is 6.92. The van der Waals surface area contributed by atoms with Crippen molar-refractivity contribution >= 4 is 18.5 Å². The second-order valence-electron chi connectivity index (χ2n) is 4.90. The second kappa shape index (κ2) is 4.24. The van der Waals surface area contributed by atoms with Crippen molar-refractivity contribution in [3.63, 3.8) is 0 Å². The van der Waals surface area contributed by atoms with E-state index in [4.69, 9.17) is 11.1 Å². The van der Waals surface area contributed by atoms with Gasteiger partial charge in [-0.15, -0.1) is 0 Å². The molecule has 0 atom stereocenters. The van der Waals surface area contributed by atoms with Gasteiger partial charge in [0.1, 0.15) is 0 Å². The van der Waals surface area contributed by atoms with Gasteiger partial charge in [-0.05, 0) is 24.4 Å². The van der Waals surface area contributed by atoms with Crippen molar-refractivity contribution in [3.05, 3.63) is 22.9 Å². The highest BCUT2D eigenvalue weighted by molar-refractivity contribution is 7.25. The van der Waals surface area contributed by atoms with Crippen molar-refractivity contribution in [3.8, 4) is 0 Å². The van der Waals surface area contributed by atoms with E-state index in [2.05, 4.69) is 46.8 Å². The number of allylic oxidation sites excluding steroid dienone is 4. The summed E-state index contributed by atoms with van der Waals surface area (Å²) in [6, 6.07) is 0. The van der Waals surface area contributed by atoms with Crippen LogP contribution >= 0.6 is 11.1 Å². The molecular formula is C12H21ClSi. The zero-order chi connectivity index (χ0) is 10.9. The molecule has 0 amide bonds. The van der Waals surface area contributed by atoms with Crippen LogP contribution in [0.1, 0.15) is 41.0 Å². The first-order valence-electron chi connectivity index (χ1n) is 5.45. The summed E-state index contributed by atoms with van der Waals surface area (Å²) < 4.78 is 0. The highest BCUT2D eigenvalue weighted by Crippen LogP contribution is 2.44. The third kappa shape index (κ3) is 1.99. The van der Waals surface area contributed by atoms with Gasteiger partial charge in [-0.1, -0.05) is 50.6 Å². The van der Waals surface area contributed by atoms with E-state index in [1.807, 2.05) is 0 Å². The van der Waals surface area contributed by atoms with Crippen LogP contribution in [0.3, 0.4) is 0 Å². The van der Waals surface area contributed by atoms with Gasteiger partial charge in [0.2, 0.25) is 0 Å². The van der Waals surface area contributed by atoms with Gasteiger partial charge < -0.3 is 0 Å². The molecule has 0 bridgehead atoms. The van der Waals surface area contributed by atoms with Gasteiger partial charge in [-0.2, -0.15) is 11.1 Å². The fourth-order valence-corrected chi connectivity index (χ4v) is 6.41. The van der Waals surface area contributed by atoms with Crippen molar-refractivity contribution in [1.29, 1.82) is 0 Å². The van der Waals surface area contributed by atoms with Gasteiger partial charge in [0.15, 0.2) is 7.38 Å². The minimum Gasteiger partial charge on any atom is -0.161 e. The maximum Gasteiger partial charge on any atom is 0.188 e. The molecule has 2 heteroatoms. The van der Waals surface area contributed by atoms with E-state index in [0.717, 1.165) is 6.42 Å². The molecule has 1 aliphatic carbocycles. The summed E-state index contributed by atoms with van der Waals surface area (Å²) >= 11 is 6.92. The Morgan fingerprint density at radius 1 is 1.21 bits per heavy atom. The van der Waals surface area contributed by atoms with Gasteiger partial charge in [0, 0.05) is 0 Å². The summed E-state index contributed by atoms with van der Waals surface area (Å²) in [6.45, 7) is 11.3. The second-order valence-corrected chi connectivity index (χ2v) is 11.3. The largest absolute Gasteiger partial charge is 0.188 e. The Hall–Kier alpha value is -0.0131. The number of hydrogen-bond acceptors (Lipinski definition) is 0. The van der Waals surface area contributed by atoms with E-state index >= 15 is 0 Å². The number of halogens is 1. The van der Waals surface area contributed by atoms with Crippen molar-refractivity contribution in [2.24, 2.45) is 0 Å². The van der Waals surface area contributed by atoms with Crippen LogP contribution in [0.15, 0.2) is 22.9 Å². The average Bonchev–Trinajstić information content (AvgIpc) is 2.49. The molecule has 0 saturated carbocycles. The normalized spacial score (nSPS) is 17.7. The van der Waals surface area contributed by atoms with Gasteiger partial charge >= 0.3 is 0 Å². The minimum absolute atomic E-state index is 0.620. The molecule has 80 valence electrons. The lowest BCUT2D eigenvalue weighted by atomic mass is 10.3. The summed E-state index contributed by atoms with van der Waals surface area (Å²) in [5.41, 5.74) is 2.63. The molecule has 0 aliphatic heterocycles. The molecule has 1 rings (SSSR count). The molecule has 0 heterocycles. The predicted octanol–water partition coefficient (Wildman–Crippen LogP) is 4.81. The van der Waals surface area contributed by atoms with Gasteiger partial charge in [0.25, 0.3) is 0 Å². The molecule has 0 unspecified atom stereocenters. The molecule has 0 saturated heterocycles. The smallest absolute Gasteiger partial charge is 0.161 e. The zero-order valence-electron chi connectivity index (χ0n) is 9.89. The molecule has 1 aliphatic rings. The van der Waals surface area contributed by atoms with E-state index in [-0.39, 0.29) is 0 Å². The Bertz CT molecular complexity index is 266. The van der Waals surface area contributed by atoms with Crippen LogP contribution in [0.2, 0.25) is 11.1 Å². The van der Waals surface area contributed by atoms with E-state index < -0.39 is 7.38 Å². The van der Waals surface area contributed by atoms with Gasteiger partial charge in [-0.25, -0.2) is 0 Å². The monoisotopic (exact) mass is 228 g/mol. The minimum atomic E-state index is -1.73. The third-order valence-corrected chi connectivity index (χ3v) is 11.3. The summed E-state index contributed by atoms with van der Waals surface area (Å²) in [4.78, 5) is 0. The standard InChI is InChI=1S/C12H21ClSi/c1-9(2)14(13,10(3)4)12-7-6-11(5)8-12/h6,8-10H,7H2,1-5H3. The van der Waals surface area contributed by atoms with Gasteiger partial charge in [0.05, 0.1) is 0 Å². The molecular weight excluding hydrogens is 208 g/mol.